The number of benzene rings is 2. The molecule has 2 aromatic heterocycles. The zero-order valence-electron chi connectivity index (χ0n) is 19.5. The van der Waals surface area contributed by atoms with E-state index in [4.69, 9.17) is 9.47 Å². The fraction of sp³-hybridized carbons (Fsp3) is 0.292. The molecule has 0 spiro atoms. The van der Waals surface area contributed by atoms with Gasteiger partial charge in [-0.25, -0.2) is 14.2 Å². The molecule has 12 heteroatoms. The van der Waals surface area contributed by atoms with Gasteiger partial charge in [-0.05, 0) is 56.0 Å². The molecule has 36 heavy (non-hydrogen) atoms. The number of alkyl halides is 3. The van der Waals surface area contributed by atoms with E-state index in [1.165, 1.54) is 41.1 Å². The quantitative estimate of drug-likeness (QED) is 0.367. The average Bonchev–Trinajstić information content (AvgIpc) is 3.16. The topological polar surface area (TPSA) is 91.4 Å². The maximum atomic E-state index is 14.4. The van der Waals surface area contributed by atoms with E-state index in [1.807, 2.05) is 0 Å². The van der Waals surface area contributed by atoms with Crippen molar-refractivity contribution in [3.05, 3.63) is 70.3 Å². The minimum Gasteiger partial charge on any atom is -0.480 e. The lowest BCUT2D eigenvalue weighted by molar-refractivity contribution is -0.189. The Bertz CT molecular complexity index is 1480. The molecule has 2 aromatic carbocycles. The molecule has 4 rings (SSSR count). The largest absolute Gasteiger partial charge is 0.480 e. The van der Waals surface area contributed by atoms with Crippen LogP contribution in [0, 0.1) is 12.7 Å². The molecular weight excluding hydrogens is 484 g/mol. The fourth-order valence-corrected chi connectivity index (χ4v) is 3.61. The molecule has 0 bridgehead atoms. The maximum absolute atomic E-state index is 14.4. The van der Waals surface area contributed by atoms with Crippen LogP contribution in [0.5, 0.6) is 17.4 Å². The molecule has 0 unspecified atom stereocenters. The average molecular weight is 506 g/mol. The van der Waals surface area contributed by atoms with Crippen LogP contribution in [-0.2, 0) is 13.2 Å². The van der Waals surface area contributed by atoms with Crippen LogP contribution in [0.2, 0.25) is 0 Å². The van der Waals surface area contributed by atoms with Crippen LogP contribution in [-0.4, -0.2) is 36.7 Å². The molecule has 0 saturated heterocycles. The van der Waals surface area contributed by atoms with Crippen LogP contribution in [0.1, 0.15) is 25.2 Å². The minimum absolute atomic E-state index is 0.0450. The zero-order chi connectivity index (χ0) is 26.2. The molecule has 1 atom stereocenters. The second-order valence-electron chi connectivity index (χ2n) is 8.01. The Hall–Kier alpha value is -3.93. The Morgan fingerprint density at radius 2 is 1.89 bits per heavy atom. The standard InChI is InChI=1S/C24H22F4N4O4/c1-4-31-20(12-33)30-32(23(31)34)16-10-15-7-8-29-22(36-18-9-13(2)5-6-17(18)25)21(15)19(11-16)35-14(3)24(26,27)28/h5-11,14,33H,4,12H2,1-3H3/t14-/m0/s1. The van der Waals surface area contributed by atoms with Crippen molar-refractivity contribution >= 4 is 10.8 Å². The smallest absolute Gasteiger partial charge is 0.425 e. The fourth-order valence-electron chi connectivity index (χ4n) is 3.61. The summed E-state index contributed by atoms with van der Waals surface area (Å²) in [6.07, 6.45) is -5.59. The first kappa shape index (κ1) is 25.2. The molecule has 0 fully saturated rings. The predicted molar refractivity (Wildman–Crippen MR) is 122 cm³/mol. The van der Waals surface area contributed by atoms with Crippen LogP contribution >= 0.6 is 0 Å². The highest BCUT2D eigenvalue weighted by Crippen LogP contribution is 2.39. The van der Waals surface area contributed by atoms with Gasteiger partial charge < -0.3 is 14.6 Å². The van der Waals surface area contributed by atoms with E-state index < -0.39 is 30.4 Å². The number of hydrogen-bond donors (Lipinski definition) is 1. The van der Waals surface area contributed by atoms with Crippen molar-refractivity contribution < 1.29 is 32.1 Å². The summed E-state index contributed by atoms with van der Waals surface area (Å²) < 4.78 is 67.7. The van der Waals surface area contributed by atoms with Gasteiger partial charge in [0.05, 0.1) is 11.1 Å². The zero-order valence-corrected chi connectivity index (χ0v) is 19.5. The summed E-state index contributed by atoms with van der Waals surface area (Å²) in [6, 6.07) is 8.33. The molecule has 2 heterocycles. The van der Waals surface area contributed by atoms with Gasteiger partial charge in [0.25, 0.3) is 0 Å². The van der Waals surface area contributed by atoms with Crippen molar-refractivity contribution in [2.75, 3.05) is 0 Å². The minimum atomic E-state index is -4.70. The molecule has 190 valence electrons. The molecule has 4 aromatic rings. The van der Waals surface area contributed by atoms with Gasteiger partial charge in [0.2, 0.25) is 5.88 Å². The van der Waals surface area contributed by atoms with E-state index in [0.717, 1.165) is 11.6 Å². The lowest BCUT2D eigenvalue weighted by atomic mass is 10.1. The molecule has 8 nitrogen and oxygen atoms in total. The normalized spacial score (nSPS) is 12.7. The van der Waals surface area contributed by atoms with Crippen molar-refractivity contribution in [1.29, 1.82) is 0 Å². The molecule has 0 aliphatic carbocycles. The van der Waals surface area contributed by atoms with Gasteiger partial charge in [-0.2, -0.15) is 17.9 Å². The van der Waals surface area contributed by atoms with Gasteiger partial charge in [-0.15, -0.1) is 5.10 Å². The predicted octanol–water partition coefficient (Wildman–Crippen LogP) is 4.66. The Labute approximate surface area is 202 Å². The maximum Gasteiger partial charge on any atom is 0.425 e. The summed E-state index contributed by atoms with van der Waals surface area (Å²) in [5.41, 5.74) is 0.197. The molecule has 0 saturated carbocycles. The third-order valence-corrected chi connectivity index (χ3v) is 5.48. The third-order valence-electron chi connectivity index (χ3n) is 5.48. The third kappa shape index (κ3) is 4.76. The second-order valence-corrected chi connectivity index (χ2v) is 8.01. The number of halogens is 4. The van der Waals surface area contributed by atoms with E-state index in [-0.39, 0.29) is 40.8 Å². The van der Waals surface area contributed by atoms with Crippen LogP contribution in [0.25, 0.3) is 16.5 Å². The Balaban J connectivity index is 1.94. The summed E-state index contributed by atoms with van der Waals surface area (Å²) >= 11 is 0. The Morgan fingerprint density at radius 3 is 2.53 bits per heavy atom. The van der Waals surface area contributed by atoms with Gasteiger partial charge in [0.1, 0.15) is 12.4 Å². The van der Waals surface area contributed by atoms with Gasteiger partial charge in [0.15, 0.2) is 23.5 Å². The number of pyridine rings is 1. The highest BCUT2D eigenvalue weighted by atomic mass is 19.4. The number of ether oxygens (including phenoxy) is 2. The number of aliphatic hydroxyl groups excluding tert-OH is 1. The van der Waals surface area contributed by atoms with E-state index in [9.17, 15) is 27.5 Å². The monoisotopic (exact) mass is 506 g/mol. The van der Waals surface area contributed by atoms with Crippen LogP contribution in [0.15, 0.2) is 47.4 Å². The van der Waals surface area contributed by atoms with Gasteiger partial charge >= 0.3 is 11.9 Å². The van der Waals surface area contributed by atoms with Crippen LogP contribution in [0.4, 0.5) is 17.6 Å². The summed E-state index contributed by atoms with van der Waals surface area (Å²) in [6.45, 7) is 3.95. The second kappa shape index (κ2) is 9.61. The highest BCUT2D eigenvalue weighted by molar-refractivity contribution is 5.94. The number of aryl methyl sites for hydroxylation is 1. The first-order valence-electron chi connectivity index (χ1n) is 10.9. The number of aliphatic hydroxyl groups is 1. The Kier molecular flexibility index (Phi) is 6.72. The lowest BCUT2D eigenvalue weighted by Gasteiger charge is -2.20. The van der Waals surface area contributed by atoms with E-state index >= 15 is 0 Å². The summed E-state index contributed by atoms with van der Waals surface area (Å²) in [7, 11) is 0. The number of fused-ring (bicyclic) bond motifs is 1. The lowest BCUT2D eigenvalue weighted by Crippen LogP contribution is -2.31. The molecule has 1 N–H and O–H groups in total. The van der Waals surface area contributed by atoms with E-state index in [0.29, 0.717) is 10.9 Å². The molecule has 0 aliphatic rings. The summed E-state index contributed by atoms with van der Waals surface area (Å²) in [4.78, 5) is 16.9. The number of nitrogens with zero attached hydrogens (tertiary/aromatic N) is 4. The van der Waals surface area contributed by atoms with Gasteiger partial charge in [-0.1, -0.05) is 6.07 Å². The van der Waals surface area contributed by atoms with Gasteiger partial charge in [0, 0.05) is 18.8 Å². The van der Waals surface area contributed by atoms with E-state index in [1.54, 1.807) is 19.9 Å². The first-order chi connectivity index (χ1) is 17.0. The SMILES string of the molecule is CCn1c(CO)nn(-c2cc(O[C@@H](C)C(F)(F)F)c3c(Oc4cc(C)ccc4F)nccc3c2)c1=O. The van der Waals surface area contributed by atoms with Crippen molar-refractivity contribution in [2.45, 2.75) is 46.2 Å². The van der Waals surface area contributed by atoms with Crippen molar-refractivity contribution in [2.24, 2.45) is 0 Å². The molecule has 0 aliphatic heterocycles. The van der Waals surface area contributed by atoms with Crippen LogP contribution < -0.4 is 15.2 Å². The summed E-state index contributed by atoms with van der Waals surface area (Å²) in [5.74, 6) is -1.25. The van der Waals surface area contributed by atoms with Gasteiger partial charge in [-0.3, -0.25) is 4.57 Å². The van der Waals surface area contributed by atoms with Crippen LogP contribution in [0.3, 0.4) is 0 Å². The first-order valence-corrected chi connectivity index (χ1v) is 10.9. The number of rotatable bonds is 7. The molecule has 0 amide bonds. The Morgan fingerprint density at radius 1 is 1.14 bits per heavy atom. The summed E-state index contributed by atoms with van der Waals surface area (Å²) in [5, 5.41) is 14.0. The number of aromatic nitrogens is 4. The van der Waals surface area contributed by atoms with Crippen molar-refractivity contribution in [1.82, 2.24) is 19.3 Å². The van der Waals surface area contributed by atoms with Crippen molar-refractivity contribution in [3.63, 3.8) is 0 Å². The molecule has 0 radical (unpaired) electrons. The number of hydrogen-bond acceptors (Lipinski definition) is 6. The van der Waals surface area contributed by atoms with E-state index in [2.05, 4.69) is 10.1 Å². The highest BCUT2D eigenvalue weighted by Gasteiger charge is 2.38. The van der Waals surface area contributed by atoms with Crippen molar-refractivity contribution in [3.8, 4) is 23.1 Å². The molecular formula is C24H22F4N4O4.